The molecule has 0 atom stereocenters. The Labute approximate surface area is 194 Å². The third kappa shape index (κ3) is 3.97. The van der Waals surface area contributed by atoms with Crippen molar-refractivity contribution < 1.29 is 0 Å². The largest absolute Gasteiger partial charge is 0.335 e. The molecule has 0 aliphatic heterocycles. The Morgan fingerprint density at radius 3 is 2.09 bits per heavy atom. The molecule has 33 heavy (non-hydrogen) atoms. The summed E-state index contributed by atoms with van der Waals surface area (Å²) in [7, 11) is 2.03. The van der Waals surface area contributed by atoms with E-state index in [-0.39, 0.29) is 0 Å². The molecule has 0 saturated heterocycles. The third-order valence-electron chi connectivity index (χ3n) is 5.74. The molecule has 5 aromatic rings. The SMILES string of the molecule is C=C/C=C\C(=C\N(C)c1cccc(-n2c3ccccc3c3ccccc32)n1)c1ccccc1. The van der Waals surface area contributed by atoms with Crippen molar-refractivity contribution in [2.45, 2.75) is 0 Å². The number of hydrogen-bond acceptors (Lipinski definition) is 2. The molecule has 2 heterocycles. The number of para-hydroxylation sites is 2. The highest BCUT2D eigenvalue weighted by Gasteiger charge is 2.13. The summed E-state index contributed by atoms with van der Waals surface area (Å²) < 4.78 is 2.24. The summed E-state index contributed by atoms with van der Waals surface area (Å²) in [6, 6.07) is 33.5. The number of benzene rings is 3. The van der Waals surface area contributed by atoms with Gasteiger partial charge in [-0.3, -0.25) is 4.57 Å². The maximum absolute atomic E-state index is 5.04. The molecule has 160 valence electrons. The van der Waals surface area contributed by atoms with Gasteiger partial charge >= 0.3 is 0 Å². The lowest BCUT2D eigenvalue weighted by Gasteiger charge is -2.17. The molecule has 0 saturated carbocycles. The summed E-state index contributed by atoms with van der Waals surface area (Å²) >= 11 is 0. The Morgan fingerprint density at radius 2 is 1.42 bits per heavy atom. The van der Waals surface area contributed by atoms with E-state index in [1.807, 2.05) is 37.4 Å². The van der Waals surface area contributed by atoms with Crippen LogP contribution in [0.15, 0.2) is 128 Å². The van der Waals surface area contributed by atoms with Crippen molar-refractivity contribution in [3.05, 3.63) is 134 Å². The molecular weight excluding hydrogens is 402 g/mol. The molecule has 3 aromatic carbocycles. The van der Waals surface area contributed by atoms with E-state index in [0.29, 0.717) is 0 Å². The molecule has 2 aromatic heterocycles. The molecule has 3 heteroatoms. The van der Waals surface area contributed by atoms with Gasteiger partial charge in [-0.25, -0.2) is 4.98 Å². The maximum Gasteiger partial charge on any atom is 0.140 e. The third-order valence-corrected chi connectivity index (χ3v) is 5.74. The van der Waals surface area contributed by atoms with Gasteiger partial charge in [0.1, 0.15) is 11.6 Å². The standard InChI is InChI=1S/C30H25N3/c1-3-4-13-24(23-14-6-5-7-15-23)22-32(2)29-20-12-21-30(31-29)33-27-18-10-8-16-25(27)26-17-9-11-19-28(26)33/h3-22H,1H2,2H3/b13-4-,24-22-. The van der Waals surface area contributed by atoms with Gasteiger partial charge in [0.25, 0.3) is 0 Å². The topological polar surface area (TPSA) is 21.1 Å². The lowest BCUT2D eigenvalue weighted by atomic mass is 10.1. The number of hydrogen-bond donors (Lipinski definition) is 0. The number of pyridine rings is 1. The molecule has 3 nitrogen and oxygen atoms in total. The molecular formula is C30H25N3. The van der Waals surface area contributed by atoms with Crippen molar-refractivity contribution in [3.8, 4) is 5.82 Å². The van der Waals surface area contributed by atoms with Crippen LogP contribution in [0.1, 0.15) is 5.56 Å². The maximum atomic E-state index is 5.04. The van der Waals surface area contributed by atoms with Crippen LogP contribution < -0.4 is 4.90 Å². The first kappa shape index (κ1) is 20.5. The summed E-state index contributed by atoms with van der Waals surface area (Å²) in [6.45, 7) is 3.81. The van der Waals surface area contributed by atoms with Gasteiger partial charge in [-0.2, -0.15) is 0 Å². The summed E-state index contributed by atoms with van der Waals surface area (Å²) in [5.74, 6) is 1.77. The van der Waals surface area contributed by atoms with Crippen LogP contribution in [0.2, 0.25) is 0 Å². The minimum absolute atomic E-state index is 0.870. The second kappa shape index (κ2) is 9.01. The number of aromatic nitrogens is 2. The van der Waals surface area contributed by atoms with Crippen molar-refractivity contribution >= 4 is 33.2 Å². The smallest absolute Gasteiger partial charge is 0.140 e. The van der Waals surface area contributed by atoms with Crippen molar-refractivity contribution in [2.75, 3.05) is 11.9 Å². The van der Waals surface area contributed by atoms with E-state index in [9.17, 15) is 0 Å². The second-order valence-corrected chi connectivity index (χ2v) is 7.88. The Balaban J connectivity index is 1.61. The van der Waals surface area contributed by atoms with Crippen LogP contribution in [0.25, 0.3) is 33.2 Å². The Bertz CT molecular complexity index is 1440. The fourth-order valence-corrected chi connectivity index (χ4v) is 4.19. The van der Waals surface area contributed by atoms with Crippen LogP contribution in [0, 0.1) is 0 Å². The molecule has 0 aliphatic carbocycles. The van der Waals surface area contributed by atoms with Gasteiger partial charge < -0.3 is 4.90 Å². The highest BCUT2D eigenvalue weighted by atomic mass is 15.2. The molecule has 0 bridgehead atoms. The van der Waals surface area contributed by atoms with E-state index < -0.39 is 0 Å². The molecule has 0 spiro atoms. The Kier molecular flexibility index (Phi) is 5.61. The van der Waals surface area contributed by atoms with Crippen molar-refractivity contribution in [2.24, 2.45) is 0 Å². The van der Waals surface area contributed by atoms with Crippen LogP contribution in [-0.4, -0.2) is 16.6 Å². The van der Waals surface area contributed by atoms with E-state index >= 15 is 0 Å². The number of fused-ring (bicyclic) bond motifs is 3. The van der Waals surface area contributed by atoms with Gasteiger partial charge in [-0.15, -0.1) is 0 Å². The first-order valence-corrected chi connectivity index (χ1v) is 11.0. The minimum atomic E-state index is 0.870. The summed E-state index contributed by atoms with van der Waals surface area (Å²) in [6.07, 6.45) is 7.91. The summed E-state index contributed by atoms with van der Waals surface area (Å²) in [4.78, 5) is 7.11. The fraction of sp³-hybridized carbons (Fsp3) is 0.0333. The molecule has 0 unspecified atom stereocenters. The van der Waals surface area contributed by atoms with Crippen LogP contribution in [-0.2, 0) is 0 Å². The normalized spacial score (nSPS) is 12.0. The van der Waals surface area contributed by atoms with Gasteiger partial charge in [0, 0.05) is 24.0 Å². The molecule has 0 fully saturated rings. The Morgan fingerprint density at radius 1 is 0.788 bits per heavy atom. The minimum Gasteiger partial charge on any atom is -0.335 e. The summed E-state index contributed by atoms with van der Waals surface area (Å²) in [5, 5.41) is 2.46. The first-order chi connectivity index (χ1) is 16.3. The molecule has 0 radical (unpaired) electrons. The zero-order valence-corrected chi connectivity index (χ0v) is 18.6. The van der Waals surface area contributed by atoms with Gasteiger partial charge in [0.15, 0.2) is 0 Å². The highest BCUT2D eigenvalue weighted by molar-refractivity contribution is 6.09. The molecule has 0 aliphatic rings. The lowest BCUT2D eigenvalue weighted by molar-refractivity contribution is 1.04. The molecule has 5 rings (SSSR count). The zero-order chi connectivity index (χ0) is 22.6. The molecule has 0 amide bonds. The Hall–Kier alpha value is -4.37. The van der Waals surface area contributed by atoms with Crippen LogP contribution >= 0.6 is 0 Å². The average molecular weight is 428 g/mol. The van der Waals surface area contributed by atoms with Crippen LogP contribution in [0.5, 0.6) is 0 Å². The number of nitrogens with zero attached hydrogens (tertiary/aromatic N) is 3. The van der Waals surface area contributed by atoms with E-state index in [2.05, 4.69) is 101 Å². The second-order valence-electron chi connectivity index (χ2n) is 7.88. The van der Waals surface area contributed by atoms with Gasteiger partial charge in [-0.1, -0.05) is 97.6 Å². The van der Waals surface area contributed by atoms with E-state index in [4.69, 9.17) is 4.98 Å². The number of allylic oxidation sites excluding steroid dienone is 4. The highest BCUT2D eigenvalue weighted by Crippen LogP contribution is 2.31. The van der Waals surface area contributed by atoms with E-state index in [1.165, 1.54) is 10.8 Å². The lowest BCUT2D eigenvalue weighted by Crippen LogP contribution is -2.12. The van der Waals surface area contributed by atoms with E-state index in [1.54, 1.807) is 6.08 Å². The van der Waals surface area contributed by atoms with Gasteiger partial charge in [0.2, 0.25) is 0 Å². The van der Waals surface area contributed by atoms with Crippen molar-refractivity contribution in [3.63, 3.8) is 0 Å². The number of rotatable bonds is 6. The zero-order valence-electron chi connectivity index (χ0n) is 18.6. The fourth-order valence-electron chi connectivity index (χ4n) is 4.19. The summed E-state index contributed by atoms with van der Waals surface area (Å²) in [5.41, 5.74) is 4.53. The van der Waals surface area contributed by atoms with Crippen molar-refractivity contribution in [1.82, 2.24) is 9.55 Å². The van der Waals surface area contributed by atoms with Crippen molar-refractivity contribution in [1.29, 1.82) is 0 Å². The van der Waals surface area contributed by atoms with Crippen LogP contribution in [0.4, 0.5) is 5.82 Å². The first-order valence-electron chi connectivity index (χ1n) is 11.0. The molecule has 0 N–H and O–H groups in total. The number of anilines is 1. The predicted octanol–water partition coefficient (Wildman–Crippen LogP) is 7.40. The quantitative estimate of drug-likeness (QED) is 0.263. The average Bonchev–Trinajstić information content (AvgIpc) is 3.21. The van der Waals surface area contributed by atoms with Crippen LogP contribution in [0.3, 0.4) is 0 Å². The monoisotopic (exact) mass is 427 g/mol. The predicted molar refractivity (Wildman–Crippen MR) is 141 cm³/mol. The van der Waals surface area contributed by atoms with Gasteiger partial charge in [-0.05, 0) is 35.4 Å². The van der Waals surface area contributed by atoms with E-state index in [0.717, 1.165) is 33.8 Å². The van der Waals surface area contributed by atoms with Gasteiger partial charge in [0.05, 0.1) is 11.0 Å².